The largest absolute Gasteiger partial charge is 0.394 e. The van der Waals surface area contributed by atoms with Crippen LogP contribution in [0.1, 0.15) is 5.56 Å². The summed E-state index contributed by atoms with van der Waals surface area (Å²) in [6, 6.07) is 11.2. The maximum atomic E-state index is 9.52. The van der Waals surface area contributed by atoms with Gasteiger partial charge in [-0.25, -0.2) is 10.8 Å². The minimum atomic E-state index is -0.218. The number of pyridine rings is 1. The van der Waals surface area contributed by atoms with E-state index in [0.29, 0.717) is 28.1 Å². The van der Waals surface area contributed by atoms with E-state index in [1.165, 1.54) is 0 Å². The first-order chi connectivity index (χ1) is 10.1. The molecule has 21 heavy (non-hydrogen) atoms. The van der Waals surface area contributed by atoms with Crippen LogP contribution in [0.3, 0.4) is 0 Å². The number of anilines is 2. The van der Waals surface area contributed by atoms with Crippen LogP contribution in [0.2, 0.25) is 10.0 Å². The first-order valence-electron chi connectivity index (χ1n) is 6.38. The average molecular weight is 327 g/mol. The number of nitrogens with two attached hydrogens (primary N) is 1. The van der Waals surface area contributed by atoms with Crippen molar-refractivity contribution < 1.29 is 5.11 Å². The molecule has 1 heterocycles. The molecule has 0 aliphatic rings. The van der Waals surface area contributed by atoms with Gasteiger partial charge in [0.15, 0.2) is 5.82 Å². The van der Waals surface area contributed by atoms with E-state index in [0.717, 1.165) is 5.56 Å². The van der Waals surface area contributed by atoms with Gasteiger partial charge in [-0.2, -0.15) is 0 Å². The van der Waals surface area contributed by atoms with Gasteiger partial charge >= 0.3 is 0 Å². The van der Waals surface area contributed by atoms with Crippen LogP contribution in [0.5, 0.6) is 0 Å². The van der Waals surface area contributed by atoms with E-state index in [9.17, 15) is 5.11 Å². The number of hydrogen-bond donors (Lipinski definition) is 4. The summed E-state index contributed by atoms with van der Waals surface area (Å²) in [5.41, 5.74) is 3.50. The topological polar surface area (TPSA) is 83.2 Å². The summed E-state index contributed by atoms with van der Waals surface area (Å²) >= 11 is 12.0. The molecule has 0 aliphatic carbocycles. The van der Waals surface area contributed by atoms with Crippen molar-refractivity contribution in [3.8, 4) is 0 Å². The molecule has 0 saturated heterocycles. The van der Waals surface area contributed by atoms with E-state index in [4.69, 9.17) is 29.0 Å². The van der Waals surface area contributed by atoms with Crippen molar-refractivity contribution in [1.29, 1.82) is 0 Å². The molecule has 0 fully saturated rings. The highest BCUT2D eigenvalue weighted by atomic mass is 35.5. The normalized spacial score (nSPS) is 12.0. The molecular formula is C14H16Cl2N4O. The minimum absolute atomic E-state index is 0.0546. The second-order valence-corrected chi connectivity index (χ2v) is 5.32. The van der Waals surface area contributed by atoms with Crippen molar-refractivity contribution in [2.24, 2.45) is 5.84 Å². The summed E-state index contributed by atoms with van der Waals surface area (Å²) in [7, 11) is 0. The maximum Gasteiger partial charge on any atom is 0.161 e. The summed E-state index contributed by atoms with van der Waals surface area (Å²) in [6.07, 6.45) is 0.642. The van der Waals surface area contributed by atoms with Gasteiger partial charge in [0, 0.05) is 0 Å². The van der Waals surface area contributed by atoms with Crippen LogP contribution in [0, 0.1) is 0 Å². The fourth-order valence-corrected chi connectivity index (χ4v) is 2.39. The van der Waals surface area contributed by atoms with Gasteiger partial charge in [-0.15, -0.1) is 0 Å². The highest BCUT2D eigenvalue weighted by Crippen LogP contribution is 2.29. The van der Waals surface area contributed by atoms with Crippen LogP contribution in [-0.2, 0) is 6.42 Å². The van der Waals surface area contributed by atoms with Gasteiger partial charge < -0.3 is 15.8 Å². The summed E-state index contributed by atoms with van der Waals surface area (Å²) < 4.78 is 0. The predicted molar refractivity (Wildman–Crippen MR) is 86.7 cm³/mol. The Balaban J connectivity index is 2.15. The van der Waals surface area contributed by atoms with Gasteiger partial charge in [0.2, 0.25) is 0 Å². The highest BCUT2D eigenvalue weighted by Gasteiger charge is 2.14. The zero-order valence-electron chi connectivity index (χ0n) is 11.2. The average Bonchev–Trinajstić information content (AvgIpc) is 2.50. The van der Waals surface area contributed by atoms with E-state index >= 15 is 0 Å². The lowest BCUT2D eigenvalue weighted by atomic mass is 10.1. The van der Waals surface area contributed by atoms with Crippen LogP contribution < -0.4 is 16.6 Å². The molecule has 0 saturated carbocycles. The molecule has 5 nitrogen and oxygen atoms in total. The fourth-order valence-electron chi connectivity index (χ4n) is 1.92. The Morgan fingerprint density at radius 3 is 2.43 bits per heavy atom. The molecule has 112 valence electrons. The number of nitrogens with zero attached hydrogens (tertiary/aromatic N) is 1. The summed E-state index contributed by atoms with van der Waals surface area (Å²) in [5, 5.41) is 13.3. The standard InChI is InChI=1S/C14H16Cl2N4O/c15-11-7-12(16)14(20-17)19-13(11)18-10(8-21)6-9-4-2-1-3-5-9/h1-5,7,10,21H,6,8,17H2,(H2,18,19,20). The Hall–Kier alpha value is -1.53. The zero-order chi connectivity index (χ0) is 15.2. The van der Waals surface area contributed by atoms with Gasteiger partial charge in [0.1, 0.15) is 5.82 Å². The summed E-state index contributed by atoms with van der Waals surface area (Å²) in [6.45, 7) is -0.0546. The second-order valence-electron chi connectivity index (χ2n) is 4.51. The van der Waals surface area contributed by atoms with Gasteiger partial charge in [-0.1, -0.05) is 53.5 Å². The SMILES string of the molecule is NNc1nc(NC(CO)Cc2ccccc2)c(Cl)cc1Cl. The third-order valence-electron chi connectivity index (χ3n) is 2.95. The van der Waals surface area contributed by atoms with E-state index in [1.54, 1.807) is 6.07 Å². The van der Waals surface area contributed by atoms with Crippen molar-refractivity contribution in [3.05, 3.63) is 52.0 Å². The Labute approximate surface area is 133 Å². The Bertz CT molecular complexity index is 595. The predicted octanol–water partition coefficient (Wildman–Crippen LogP) is 2.69. The molecule has 1 atom stereocenters. The molecule has 7 heteroatoms. The number of aliphatic hydroxyl groups is 1. The smallest absolute Gasteiger partial charge is 0.161 e. The Morgan fingerprint density at radius 1 is 1.14 bits per heavy atom. The summed E-state index contributed by atoms with van der Waals surface area (Å²) in [4.78, 5) is 4.20. The first kappa shape index (κ1) is 15.9. The number of halogens is 2. The van der Waals surface area contributed by atoms with E-state index in [-0.39, 0.29) is 12.6 Å². The molecule has 1 aromatic heterocycles. The molecule has 1 aromatic carbocycles. The Kier molecular flexibility index (Phi) is 5.64. The maximum absolute atomic E-state index is 9.52. The van der Waals surface area contributed by atoms with Crippen LogP contribution >= 0.6 is 23.2 Å². The summed E-state index contributed by atoms with van der Waals surface area (Å²) in [5.74, 6) is 6.08. The lowest BCUT2D eigenvalue weighted by Crippen LogP contribution is -2.27. The molecule has 0 aliphatic heterocycles. The van der Waals surface area contributed by atoms with Gasteiger partial charge in [0.05, 0.1) is 22.7 Å². The first-order valence-corrected chi connectivity index (χ1v) is 7.13. The monoisotopic (exact) mass is 326 g/mol. The van der Waals surface area contributed by atoms with Gasteiger partial charge in [0.25, 0.3) is 0 Å². The third kappa shape index (κ3) is 4.22. The number of aromatic nitrogens is 1. The molecule has 0 bridgehead atoms. The van der Waals surface area contributed by atoms with Crippen LogP contribution in [0.25, 0.3) is 0 Å². The molecular weight excluding hydrogens is 311 g/mol. The van der Waals surface area contributed by atoms with Crippen LogP contribution in [-0.4, -0.2) is 22.7 Å². The molecule has 0 amide bonds. The highest BCUT2D eigenvalue weighted by molar-refractivity contribution is 6.37. The van der Waals surface area contributed by atoms with Crippen LogP contribution in [0.15, 0.2) is 36.4 Å². The van der Waals surface area contributed by atoms with Gasteiger partial charge in [-0.05, 0) is 18.1 Å². The number of aliphatic hydroxyl groups excluding tert-OH is 1. The number of rotatable bonds is 6. The number of benzene rings is 1. The van der Waals surface area contributed by atoms with Gasteiger partial charge in [-0.3, -0.25) is 0 Å². The van der Waals surface area contributed by atoms with Crippen molar-refractivity contribution in [2.45, 2.75) is 12.5 Å². The number of nitrogens with one attached hydrogen (secondary N) is 2. The van der Waals surface area contributed by atoms with E-state index in [1.807, 2.05) is 30.3 Å². The van der Waals surface area contributed by atoms with Crippen molar-refractivity contribution in [3.63, 3.8) is 0 Å². The third-order valence-corrected chi connectivity index (χ3v) is 3.53. The molecule has 2 aromatic rings. The molecule has 0 spiro atoms. The quantitative estimate of drug-likeness (QED) is 0.484. The zero-order valence-corrected chi connectivity index (χ0v) is 12.7. The Morgan fingerprint density at radius 2 is 1.81 bits per heavy atom. The molecule has 1 unspecified atom stereocenters. The van der Waals surface area contributed by atoms with E-state index in [2.05, 4.69) is 15.7 Å². The van der Waals surface area contributed by atoms with Crippen molar-refractivity contribution in [1.82, 2.24) is 4.98 Å². The van der Waals surface area contributed by atoms with Crippen LogP contribution in [0.4, 0.5) is 11.6 Å². The molecule has 2 rings (SSSR count). The number of hydrazine groups is 1. The minimum Gasteiger partial charge on any atom is -0.394 e. The number of nitrogen functional groups attached to an aromatic ring is 1. The van der Waals surface area contributed by atoms with Crippen molar-refractivity contribution >= 4 is 34.8 Å². The lowest BCUT2D eigenvalue weighted by Gasteiger charge is -2.18. The molecule has 5 N–H and O–H groups in total. The number of hydrogen-bond acceptors (Lipinski definition) is 5. The van der Waals surface area contributed by atoms with E-state index < -0.39 is 0 Å². The fraction of sp³-hybridized carbons (Fsp3) is 0.214. The van der Waals surface area contributed by atoms with Crippen molar-refractivity contribution in [2.75, 3.05) is 17.3 Å². The second kappa shape index (κ2) is 7.47. The lowest BCUT2D eigenvalue weighted by molar-refractivity contribution is 0.273. The molecule has 0 radical (unpaired) electrons.